The first-order valence-corrected chi connectivity index (χ1v) is 7.56. The van der Waals surface area contributed by atoms with Gasteiger partial charge in [0.2, 0.25) is 5.91 Å². The van der Waals surface area contributed by atoms with Crippen molar-refractivity contribution in [1.82, 2.24) is 15.1 Å². The van der Waals surface area contributed by atoms with E-state index in [0.717, 1.165) is 31.7 Å². The molecule has 0 bridgehead atoms. The lowest BCUT2D eigenvalue weighted by Gasteiger charge is -2.41. The topological polar surface area (TPSA) is 35.6 Å². The Kier molecular flexibility index (Phi) is 5.32. The molecule has 0 radical (unpaired) electrons. The second-order valence-electron chi connectivity index (χ2n) is 5.97. The van der Waals surface area contributed by atoms with Gasteiger partial charge in [0.05, 0.1) is 0 Å². The van der Waals surface area contributed by atoms with E-state index in [0.29, 0.717) is 0 Å². The van der Waals surface area contributed by atoms with E-state index in [1.165, 1.54) is 12.1 Å². The average molecular weight is 305 g/mol. The molecule has 0 aliphatic carbocycles. The van der Waals surface area contributed by atoms with Gasteiger partial charge in [0.1, 0.15) is 11.4 Å². The van der Waals surface area contributed by atoms with E-state index in [-0.39, 0.29) is 11.7 Å². The average Bonchev–Trinajstić information content (AvgIpc) is 2.54. The van der Waals surface area contributed by atoms with Crippen LogP contribution in [0, 0.1) is 5.82 Å². The Balaban J connectivity index is 2.27. The van der Waals surface area contributed by atoms with Crippen molar-refractivity contribution in [2.75, 3.05) is 40.3 Å². The minimum atomic E-state index is -0.694. The van der Waals surface area contributed by atoms with Gasteiger partial charge in [0, 0.05) is 40.3 Å². The van der Waals surface area contributed by atoms with Crippen molar-refractivity contribution in [3.63, 3.8) is 0 Å². The van der Waals surface area contributed by atoms with Gasteiger partial charge in [-0.2, -0.15) is 0 Å². The predicted octanol–water partition coefficient (Wildman–Crippen LogP) is 1.59. The van der Waals surface area contributed by atoms with Gasteiger partial charge in [-0.25, -0.2) is 4.39 Å². The molecule has 1 aliphatic rings. The van der Waals surface area contributed by atoms with Crippen LogP contribution in [0.1, 0.15) is 12.5 Å². The Morgan fingerprint density at radius 2 is 1.86 bits per heavy atom. The van der Waals surface area contributed by atoms with Crippen molar-refractivity contribution >= 4 is 12.0 Å². The molecule has 1 aromatic carbocycles. The molecule has 0 saturated carbocycles. The SMILES string of the molecule is CN(C)C(=O)C(C)(/C=C/c1ccc(F)cc1)N1CCNCC1. The van der Waals surface area contributed by atoms with Crippen LogP contribution in [0.25, 0.3) is 6.08 Å². The minimum absolute atomic E-state index is 0.0489. The number of piperazine rings is 1. The lowest BCUT2D eigenvalue weighted by atomic mass is 9.95. The minimum Gasteiger partial charge on any atom is -0.347 e. The summed E-state index contributed by atoms with van der Waals surface area (Å²) in [6.45, 7) is 5.34. The van der Waals surface area contributed by atoms with Crippen LogP contribution in [0.5, 0.6) is 0 Å². The molecule has 2 rings (SSSR count). The Labute approximate surface area is 131 Å². The summed E-state index contributed by atoms with van der Waals surface area (Å²) >= 11 is 0. The summed E-state index contributed by atoms with van der Waals surface area (Å²) in [5.41, 5.74) is 0.189. The zero-order chi connectivity index (χ0) is 16.2. The summed E-state index contributed by atoms with van der Waals surface area (Å²) in [5.74, 6) is -0.209. The molecule has 1 N–H and O–H groups in total. The molecule has 0 spiro atoms. The summed E-state index contributed by atoms with van der Waals surface area (Å²) in [5, 5.41) is 3.30. The van der Waals surface area contributed by atoms with E-state index in [4.69, 9.17) is 0 Å². The normalized spacial score (nSPS) is 19.1. The first-order chi connectivity index (χ1) is 10.4. The quantitative estimate of drug-likeness (QED) is 0.917. The van der Waals surface area contributed by atoms with Crippen molar-refractivity contribution in [3.8, 4) is 0 Å². The molecule has 1 unspecified atom stereocenters. The van der Waals surface area contributed by atoms with Crippen molar-refractivity contribution in [2.24, 2.45) is 0 Å². The number of nitrogens with zero attached hydrogens (tertiary/aromatic N) is 2. The summed E-state index contributed by atoms with van der Waals surface area (Å²) in [6.07, 6.45) is 3.82. The third-order valence-electron chi connectivity index (χ3n) is 4.08. The summed E-state index contributed by atoms with van der Waals surface area (Å²) < 4.78 is 13.0. The number of halogens is 1. The van der Waals surface area contributed by atoms with Crippen LogP contribution in [0.2, 0.25) is 0 Å². The number of amides is 1. The molecule has 5 heteroatoms. The van der Waals surface area contributed by atoms with Gasteiger partial charge in [-0.05, 0) is 24.6 Å². The van der Waals surface area contributed by atoms with Gasteiger partial charge in [0.25, 0.3) is 0 Å². The predicted molar refractivity (Wildman–Crippen MR) is 87.0 cm³/mol. The van der Waals surface area contributed by atoms with E-state index >= 15 is 0 Å². The highest BCUT2D eigenvalue weighted by atomic mass is 19.1. The molecule has 120 valence electrons. The van der Waals surface area contributed by atoms with Gasteiger partial charge >= 0.3 is 0 Å². The van der Waals surface area contributed by atoms with Crippen LogP contribution in [-0.2, 0) is 4.79 Å². The van der Waals surface area contributed by atoms with Crippen LogP contribution in [0.3, 0.4) is 0 Å². The highest BCUT2D eigenvalue weighted by Gasteiger charge is 2.38. The summed E-state index contributed by atoms with van der Waals surface area (Å²) in [4.78, 5) is 16.5. The number of hydrogen-bond donors (Lipinski definition) is 1. The van der Waals surface area contributed by atoms with Crippen molar-refractivity contribution < 1.29 is 9.18 Å². The Bertz CT molecular complexity index is 535. The fourth-order valence-electron chi connectivity index (χ4n) is 2.73. The van der Waals surface area contributed by atoms with Crippen LogP contribution < -0.4 is 5.32 Å². The smallest absolute Gasteiger partial charge is 0.246 e. The molecule has 1 amide bonds. The molecular weight excluding hydrogens is 281 g/mol. The monoisotopic (exact) mass is 305 g/mol. The molecule has 1 saturated heterocycles. The standard InChI is InChI=1S/C17H24FN3O/c1-17(16(22)20(2)3,21-12-10-19-11-13-21)9-8-14-4-6-15(18)7-5-14/h4-9,19H,10-13H2,1-3H3/b9-8+. The molecule has 1 aromatic rings. The summed E-state index contributed by atoms with van der Waals surface area (Å²) in [7, 11) is 3.54. The number of hydrogen-bond acceptors (Lipinski definition) is 3. The van der Waals surface area contributed by atoms with E-state index in [9.17, 15) is 9.18 Å². The van der Waals surface area contributed by atoms with Gasteiger partial charge in [-0.3, -0.25) is 9.69 Å². The molecular formula is C17H24FN3O. The first-order valence-electron chi connectivity index (χ1n) is 7.56. The molecule has 1 aliphatic heterocycles. The third-order valence-corrected chi connectivity index (χ3v) is 4.08. The van der Waals surface area contributed by atoms with E-state index in [1.54, 1.807) is 31.1 Å². The van der Waals surface area contributed by atoms with Crippen molar-refractivity contribution in [1.29, 1.82) is 0 Å². The highest BCUT2D eigenvalue weighted by molar-refractivity contribution is 5.89. The van der Waals surface area contributed by atoms with Crippen LogP contribution in [-0.4, -0.2) is 61.5 Å². The number of nitrogens with one attached hydrogen (secondary N) is 1. The zero-order valence-corrected chi connectivity index (χ0v) is 13.5. The first kappa shape index (κ1) is 16.6. The number of carbonyl (C=O) groups excluding carboxylic acids is 1. The second-order valence-corrected chi connectivity index (χ2v) is 5.97. The number of rotatable bonds is 4. The molecule has 4 nitrogen and oxygen atoms in total. The van der Waals surface area contributed by atoms with Crippen LogP contribution in [0.15, 0.2) is 30.3 Å². The van der Waals surface area contributed by atoms with Gasteiger partial charge < -0.3 is 10.2 Å². The molecule has 0 aromatic heterocycles. The van der Waals surface area contributed by atoms with Crippen LogP contribution in [0.4, 0.5) is 4.39 Å². The molecule has 22 heavy (non-hydrogen) atoms. The maximum atomic E-state index is 13.0. The summed E-state index contributed by atoms with van der Waals surface area (Å²) in [6, 6.07) is 6.28. The van der Waals surface area contributed by atoms with E-state index < -0.39 is 5.54 Å². The van der Waals surface area contributed by atoms with E-state index in [1.807, 2.05) is 19.1 Å². The van der Waals surface area contributed by atoms with Gasteiger partial charge in [-0.15, -0.1) is 0 Å². The lowest BCUT2D eigenvalue weighted by molar-refractivity contribution is -0.138. The fraction of sp³-hybridized carbons (Fsp3) is 0.471. The number of likely N-dealkylation sites (N-methyl/N-ethyl adjacent to an activating group) is 1. The molecule has 1 atom stereocenters. The Morgan fingerprint density at radius 3 is 2.41 bits per heavy atom. The van der Waals surface area contributed by atoms with Gasteiger partial charge in [-0.1, -0.05) is 24.3 Å². The number of carbonyl (C=O) groups is 1. The van der Waals surface area contributed by atoms with Gasteiger partial charge in [0.15, 0.2) is 0 Å². The van der Waals surface area contributed by atoms with Crippen LogP contribution >= 0.6 is 0 Å². The maximum absolute atomic E-state index is 13.0. The largest absolute Gasteiger partial charge is 0.347 e. The van der Waals surface area contributed by atoms with E-state index in [2.05, 4.69) is 10.2 Å². The lowest BCUT2D eigenvalue weighted by Crippen LogP contribution is -2.60. The zero-order valence-electron chi connectivity index (χ0n) is 13.5. The number of benzene rings is 1. The maximum Gasteiger partial charge on any atom is 0.246 e. The fourth-order valence-corrected chi connectivity index (χ4v) is 2.73. The Hall–Kier alpha value is -1.72. The second kappa shape index (κ2) is 7.03. The van der Waals surface area contributed by atoms with Crippen molar-refractivity contribution in [2.45, 2.75) is 12.5 Å². The highest BCUT2D eigenvalue weighted by Crippen LogP contribution is 2.22. The van der Waals surface area contributed by atoms with Crippen molar-refractivity contribution in [3.05, 3.63) is 41.7 Å². The molecule has 1 fully saturated rings. The molecule has 1 heterocycles. The Morgan fingerprint density at radius 1 is 1.27 bits per heavy atom. The third kappa shape index (κ3) is 3.72.